The van der Waals surface area contributed by atoms with Gasteiger partial charge in [-0.25, -0.2) is 4.58 Å². The van der Waals surface area contributed by atoms with Crippen molar-refractivity contribution in [1.29, 1.82) is 0 Å². The number of fused-ring (bicyclic) bond motifs is 3. The molecule has 26 heavy (non-hydrogen) atoms. The Balaban J connectivity index is 0.000000349. The van der Waals surface area contributed by atoms with Gasteiger partial charge < -0.3 is 0 Å². The van der Waals surface area contributed by atoms with Crippen molar-refractivity contribution in [1.82, 2.24) is 0 Å². The Morgan fingerprint density at radius 2 is 1.15 bits per heavy atom. The molecule has 1 fully saturated rings. The van der Waals surface area contributed by atoms with Gasteiger partial charge in [-0.15, -0.1) is 0 Å². The van der Waals surface area contributed by atoms with Crippen molar-refractivity contribution in [3.63, 3.8) is 0 Å². The largest absolute Gasteiger partial charge is 0.228 e. The predicted molar refractivity (Wildman–Crippen MR) is 94.3 cm³/mol. The molecule has 3 N–H and O–H groups in total. The van der Waals surface area contributed by atoms with Crippen LogP contribution in [0.2, 0.25) is 0 Å². The number of benzene rings is 2. The number of hydrogen-bond acceptors (Lipinski definition) is 4. The average molecular weight is 379 g/mol. The molecule has 0 atom stereocenters. The van der Waals surface area contributed by atoms with Crippen molar-refractivity contribution >= 4 is 5.71 Å². The van der Waals surface area contributed by atoms with E-state index in [0.717, 1.165) is 13.1 Å². The first kappa shape index (κ1) is 19.0. The molecule has 0 unspecified atom stereocenters. The van der Waals surface area contributed by atoms with E-state index in [4.69, 9.17) is 18.6 Å². The fourth-order valence-electron chi connectivity index (χ4n) is 3.81. The summed E-state index contributed by atoms with van der Waals surface area (Å²) in [4.78, 5) is 0. The summed E-state index contributed by atoms with van der Waals surface area (Å²) in [5.41, 5.74) is 7.47. The maximum atomic E-state index is 8.83. The van der Waals surface area contributed by atoms with Crippen molar-refractivity contribution in [2.24, 2.45) is 0 Å². The van der Waals surface area contributed by atoms with Crippen LogP contribution in [-0.2, 0) is 13.1 Å². The van der Waals surface area contributed by atoms with Crippen LogP contribution in [0.25, 0.3) is 11.1 Å². The molecule has 1 saturated carbocycles. The zero-order valence-electron chi connectivity index (χ0n) is 14.6. The van der Waals surface area contributed by atoms with Crippen LogP contribution in [0.4, 0.5) is 0 Å². The average Bonchev–Trinajstić information content (AvgIpc) is 2.78. The summed E-state index contributed by atoms with van der Waals surface area (Å²) < 4.78 is 32.9. The first-order valence-electron chi connectivity index (χ1n) is 8.84. The Hall–Kier alpha value is -1.76. The smallest absolute Gasteiger partial charge is 0.169 e. The van der Waals surface area contributed by atoms with E-state index < -0.39 is 10.2 Å². The molecular formula is C20H25ClNO4+. The fraction of sp³-hybridized carbons (Fsp3) is 0.350. The molecule has 0 bridgehead atoms. The van der Waals surface area contributed by atoms with E-state index in [1.807, 2.05) is 0 Å². The standard InChI is InChI=1S/C20H22N.ClH3O4/c1-2-10-18(11-3-1)21-14-16-8-4-6-12-19(16)20-13-7-5-9-17(20)15-21;2-1(3,4)5/h4-9,12-13H,1-3,10-11,14-15H2;2-4H/q+1;. The molecule has 5 nitrogen and oxygen atoms in total. The Kier molecular flexibility index (Phi) is 6.06. The number of nitrogens with zero attached hydrogens (tertiary/aromatic N) is 1. The van der Waals surface area contributed by atoms with Crippen LogP contribution in [-0.4, -0.2) is 24.3 Å². The SMILES string of the molecule is [O-][Cl+](O)(O)O.c1ccc2c(c1)C[N+](=C1CCCCC1)Cc1ccccc1-2. The molecule has 0 saturated heterocycles. The first-order chi connectivity index (χ1) is 12.4. The molecule has 1 aliphatic carbocycles. The molecule has 2 aromatic rings. The summed E-state index contributed by atoms with van der Waals surface area (Å²) in [6.07, 6.45) is 6.74. The third-order valence-corrected chi connectivity index (χ3v) is 4.93. The number of rotatable bonds is 0. The van der Waals surface area contributed by atoms with Crippen LogP contribution >= 0.6 is 0 Å². The van der Waals surface area contributed by atoms with Crippen LogP contribution in [0.15, 0.2) is 48.5 Å². The van der Waals surface area contributed by atoms with Crippen LogP contribution in [0, 0.1) is 10.2 Å². The predicted octanol–water partition coefficient (Wildman–Crippen LogP) is 1.92. The van der Waals surface area contributed by atoms with Gasteiger partial charge in [-0.1, -0.05) is 55.0 Å². The van der Waals surface area contributed by atoms with E-state index in [1.54, 1.807) is 5.71 Å². The second-order valence-corrected chi connectivity index (χ2v) is 7.60. The second-order valence-electron chi connectivity index (χ2n) is 6.73. The molecule has 0 aromatic heterocycles. The van der Waals surface area contributed by atoms with Gasteiger partial charge in [0.25, 0.3) is 0 Å². The van der Waals surface area contributed by atoms with Crippen LogP contribution < -0.4 is 4.66 Å². The van der Waals surface area contributed by atoms with Gasteiger partial charge in [0, 0.05) is 24.0 Å². The summed E-state index contributed by atoms with van der Waals surface area (Å²) in [6.45, 7) is 2.14. The first-order valence-corrected chi connectivity index (χ1v) is 10.2. The minimum Gasteiger partial charge on any atom is -0.228 e. The second kappa shape index (κ2) is 8.29. The summed E-state index contributed by atoms with van der Waals surface area (Å²) in [7, 11) is -4.19. The van der Waals surface area contributed by atoms with Crippen LogP contribution in [0.5, 0.6) is 0 Å². The van der Waals surface area contributed by atoms with E-state index >= 15 is 0 Å². The quantitative estimate of drug-likeness (QED) is 0.611. The Bertz CT molecular complexity index is 735. The third kappa shape index (κ3) is 5.13. The van der Waals surface area contributed by atoms with Gasteiger partial charge in [-0.05, 0) is 24.0 Å². The van der Waals surface area contributed by atoms with Crippen molar-refractivity contribution < 1.29 is 33.5 Å². The normalized spacial score (nSPS) is 17.4. The van der Waals surface area contributed by atoms with Gasteiger partial charge in [-0.2, -0.15) is 0 Å². The number of hydrogen-bond donors (Lipinski definition) is 3. The van der Waals surface area contributed by atoms with Gasteiger partial charge >= 0.3 is 28.9 Å². The minimum absolute atomic E-state index is 1.07. The molecule has 1 aliphatic heterocycles. The summed E-state index contributed by atoms with van der Waals surface area (Å²) >= 11 is 0. The maximum absolute atomic E-state index is 8.83. The number of halogens is 1. The molecular weight excluding hydrogens is 354 g/mol. The zero-order chi connectivity index (χ0) is 18.6. The van der Waals surface area contributed by atoms with Gasteiger partial charge in [0.2, 0.25) is 0 Å². The van der Waals surface area contributed by atoms with Crippen molar-refractivity contribution in [3.05, 3.63) is 59.7 Å². The van der Waals surface area contributed by atoms with Gasteiger partial charge in [0.15, 0.2) is 18.8 Å². The Morgan fingerprint density at radius 1 is 0.731 bits per heavy atom. The van der Waals surface area contributed by atoms with Gasteiger partial charge in [0.1, 0.15) is 0 Å². The zero-order valence-corrected chi connectivity index (χ0v) is 15.4. The monoisotopic (exact) mass is 378 g/mol. The molecule has 6 heteroatoms. The Labute approximate surface area is 155 Å². The van der Waals surface area contributed by atoms with Crippen molar-refractivity contribution in [2.75, 3.05) is 0 Å². The maximum Gasteiger partial charge on any atom is 0.169 e. The fourth-order valence-corrected chi connectivity index (χ4v) is 3.81. The molecule has 140 valence electrons. The van der Waals surface area contributed by atoms with E-state index in [9.17, 15) is 0 Å². The van der Waals surface area contributed by atoms with Crippen LogP contribution in [0.1, 0.15) is 43.2 Å². The summed E-state index contributed by atoms with van der Waals surface area (Å²) in [5, 5.41) is 0. The van der Waals surface area contributed by atoms with E-state index in [1.165, 1.54) is 54.4 Å². The Morgan fingerprint density at radius 3 is 1.62 bits per heavy atom. The minimum atomic E-state index is -4.19. The summed E-state index contributed by atoms with van der Waals surface area (Å²) in [6, 6.07) is 17.8. The van der Waals surface area contributed by atoms with Gasteiger partial charge in [-0.3, -0.25) is 0 Å². The van der Waals surface area contributed by atoms with Crippen LogP contribution in [0.3, 0.4) is 0 Å². The molecule has 0 amide bonds. The molecule has 4 rings (SSSR count). The van der Waals surface area contributed by atoms with Gasteiger partial charge in [0.05, 0.1) is 0 Å². The molecule has 2 aliphatic rings. The third-order valence-electron chi connectivity index (χ3n) is 4.93. The molecule has 0 radical (unpaired) electrons. The van der Waals surface area contributed by atoms with Crippen molar-refractivity contribution in [2.45, 2.75) is 45.2 Å². The van der Waals surface area contributed by atoms with Crippen molar-refractivity contribution in [3.8, 4) is 11.1 Å². The summed E-state index contributed by atoms with van der Waals surface area (Å²) in [5.74, 6) is 0. The van der Waals surface area contributed by atoms with E-state index in [2.05, 4.69) is 53.1 Å². The molecule has 0 spiro atoms. The van der Waals surface area contributed by atoms with E-state index in [0.29, 0.717) is 0 Å². The topological polar surface area (TPSA) is 86.8 Å². The molecule has 2 aromatic carbocycles. The van der Waals surface area contributed by atoms with E-state index in [-0.39, 0.29) is 0 Å². The molecule has 1 heterocycles.